The Balaban J connectivity index is 2.86. The maximum absolute atomic E-state index is 5.87. The summed E-state index contributed by atoms with van der Waals surface area (Å²) >= 11 is 8.20. The highest BCUT2D eigenvalue weighted by Gasteiger charge is 1.96. The quantitative estimate of drug-likeness (QED) is 0.640. The van der Waals surface area contributed by atoms with Gasteiger partial charge in [-0.05, 0) is 51.6 Å². The molecule has 2 rings (SSSR count). The maximum Gasteiger partial charge on any atom is 0.0412 e. The topological polar surface area (TPSA) is 0 Å². The molecule has 0 amide bonds. The van der Waals surface area contributed by atoms with Gasteiger partial charge in [0.1, 0.15) is 0 Å². The monoisotopic (exact) mass is 288 g/mol. The van der Waals surface area contributed by atoms with Crippen LogP contribution in [0.5, 0.6) is 0 Å². The van der Waals surface area contributed by atoms with E-state index in [1.807, 2.05) is 18.2 Å². The summed E-state index contributed by atoms with van der Waals surface area (Å²) < 4.78 is 1.27. The van der Waals surface area contributed by atoms with E-state index in [4.69, 9.17) is 11.6 Å². The molecule has 60 valence electrons. The third kappa shape index (κ3) is 1.43. The number of hydrogen-bond donors (Lipinski definition) is 0. The highest BCUT2D eigenvalue weighted by atomic mass is 127. The zero-order valence-electron chi connectivity index (χ0n) is 6.22. The number of hydrogen-bond acceptors (Lipinski definition) is 0. The van der Waals surface area contributed by atoms with Gasteiger partial charge in [0.2, 0.25) is 0 Å². The van der Waals surface area contributed by atoms with Crippen molar-refractivity contribution in [1.29, 1.82) is 0 Å². The van der Waals surface area contributed by atoms with Crippen molar-refractivity contribution in [2.24, 2.45) is 0 Å². The predicted octanol–water partition coefficient (Wildman–Crippen LogP) is 4.10. The second-order valence-electron chi connectivity index (χ2n) is 2.61. The lowest BCUT2D eigenvalue weighted by Gasteiger charge is -1.99. The Labute approximate surface area is 89.7 Å². The van der Waals surface area contributed by atoms with E-state index in [2.05, 4.69) is 40.8 Å². The fourth-order valence-corrected chi connectivity index (χ4v) is 2.09. The second kappa shape index (κ2) is 3.23. The first kappa shape index (κ1) is 8.32. The van der Waals surface area contributed by atoms with Crippen LogP contribution in [0.25, 0.3) is 10.8 Å². The molecule has 0 fully saturated rings. The summed E-state index contributed by atoms with van der Waals surface area (Å²) in [4.78, 5) is 0. The van der Waals surface area contributed by atoms with Gasteiger partial charge in [0, 0.05) is 8.59 Å². The lowest BCUT2D eigenvalue weighted by molar-refractivity contribution is 1.70. The van der Waals surface area contributed by atoms with E-state index in [0.717, 1.165) is 5.02 Å². The van der Waals surface area contributed by atoms with E-state index in [1.165, 1.54) is 14.3 Å². The number of rotatable bonds is 0. The number of benzene rings is 2. The van der Waals surface area contributed by atoms with Crippen LogP contribution in [0.2, 0.25) is 5.02 Å². The molecule has 2 heteroatoms. The zero-order chi connectivity index (χ0) is 8.55. The average molecular weight is 289 g/mol. The SMILES string of the molecule is Clc1ccc2c(I)cccc2c1. The van der Waals surface area contributed by atoms with Crippen molar-refractivity contribution >= 4 is 45.0 Å². The smallest absolute Gasteiger partial charge is 0.0412 e. The predicted molar refractivity (Wildman–Crippen MR) is 61.7 cm³/mol. The molecule has 2 aromatic rings. The van der Waals surface area contributed by atoms with Crippen LogP contribution in [-0.2, 0) is 0 Å². The van der Waals surface area contributed by atoms with Crippen molar-refractivity contribution in [2.75, 3.05) is 0 Å². The molecule has 0 heterocycles. The summed E-state index contributed by atoms with van der Waals surface area (Å²) in [7, 11) is 0. The number of halogens is 2. The largest absolute Gasteiger partial charge is 0.0843 e. The number of fused-ring (bicyclic) bond motifs is 1. The first-order valence-corrected chi connectivity index (χ1v) is 5.07. The normalized spacial score (nSPS) is 10.5. The Kier molecular flexibility index (Phi) is 2.24. The van der Waals surface area contributed by atoms with Crippen molar-refractivity contribution < 1.29 is 0 Å². The molecule has 0 aliphatic rings. The van der Waals surface area contributed by atoms with E-state index in [-0.39, 0.29) is 0 Å². The Morgan fingerprint density at radius 1 is 1.08 bits per heavy atom. The average Bonchev–Trinajstić information content (AvgIpc) is 2.04. The molecule has 0 atom stereocenters. The van der Waals surface area contributed by atoms with Gasteiger partial charge in [-0.15, -0.1) is 0 Å². The Hall–Kier alpha value is -0.280. The molecule has 12 heavy (non-hydrogen) atoms. The first-order chi connectivity index (χ1) is 5.77. The summed E-state index contributed by atoms with van der Waals surface area (Å²) in [5.74, 6) is 0. The van der Waals surface area contributed by atoms with Gasteiger partial charge in [0.05, 0.1) is 0 Å². The molecule has 0 saturated carbocycles. The molecule has 0 bridgehead atoms. The van der Waals surface area contributed by atoms with Crippen molar-refractivity contribution in [3.63, 3.8) is 0 Å². The fraction of sp³-hybridized carbons (Fsp3) is 0. The van der Waals surface area contributed by atoms with Crippen LogP contribution < -0.4 is 0 Å². The molecule has 0 aliphatic heterocycles. The third-order valence-electron chi connectivity index (χ3n) is 1.79. The molecule has 0 aromatic heterocycles. The van der Waals surface area contributed by atoms with Gasteiger partial charge in [-0.3, -0.25) is 0 Å². The van der Waals surface area contributed by atoms with Gasteiger partial charge in [-0.2, -0.15) is 0 Å². The zero-order valence-corrected chi connectivity index (χ0v) is 9.13. The van der Waals surface area contributed by atoms with Crippen molar-refractivity contribution in [1.82, 2.24) is 0 Å². The lowest BCUT2D eigenvalue weighted by Crippen LogP contribution is -1.76. The maximum atomic E-state index is 5.87. The van der Waals surface area contributed by atoms with Gasteiger partial charge in [0.15, 0.2) is 0 Å². The molecular weight excluding hydrogens is 282 g/mol. The van der Waals surface area contributed by atoms with E-state index in [0.29, 0.717) is 0 Å². The highest BCUT2D eigenvalue weighted by molar-refractivity contribution is 14.1. The summed E-state index contributed by atoms with van der Waals surface area (Å²) in [5.41, 5.74) is 0. The minimum Gasteiger partial charge on any atom is -0.0843 e. The standard InChI is InChI=1S/C10H6ClI/c11-8-4-5-9-7(6-8)2-1-3-10(9)12/h1-6H. The molecule has 0 N–H and O–H groups in total. The Morgan fingerprint density at radius 2 is 1.92 bits per heavy atom. The molecule has 0 aliphatic carbocycles. The molecule has 0 nitrogen and oxygen atoms in total. The Morgan fingerprint density at radius 3 is 2.75 bits per heavy atom. The first-order valence-electron chi connectivity index (χ1n) is 3.61. The summed E-state index contributed by atoms with van der Waals surface area (Å²) in [6, 6.07) is 12.2. The fourth-order valence-electron chi connectivity index (χ4n) is 1.22. The van der Waals surface area contributed by atoms with Crippen LogP contribution in [0.4, 0.5) is 0 Å². The molecular formula is C10H6ClI. The van der Waals surface area contributed by atoms with Gasteiger partial charge < -0.3 is 0 Å². The summed E-state index contributed by atoms with van der Waals surface area (Å²) in [6.07, 6.45) is 0. The van der Waals surface area contributed by atoms with Crippen LogP contribution in [0.15, 0.2) is 36.4 Å². The van der Waals surface area contributed by atoms with Crippen LogP contribution >= 0.6 is 34.2 Å². The van der Waals surface area contributed by atoms with Gasteiger partial charge in [0.25, 0.3) is 0 Å². The summed E-state index contributed by atoms with van der Waals surface area (Å²) in [6.45, 7) is 0. The van der Waals surface area contributed by atoms with Crippen LogP contribution in [-0.4, -0.2) is 0 Å². The molecule has 0 spiro atoms. The van der Waals surface area contributed by atoms with Crippen molar-refractivity contribution in [2.45, 2.75) is 0 Å². The van der Waals surface area contributed by atoms with Crippen molar-refractivity contribution in [3.05, 3.63) is 45.0 Å². The minimum atomic E-state index is 0.796. The Bertz CT molecular complexity index is 423. The second-order valence-corrected chi connectivity index (χ2v) is 4.20. The minimum absolute atomic E-state index is 0.796. The molecule has 0 saturated heterocycles. The van der Waals surface area contributed by atoms with E-state index in [1.54, 1.807) is 0 Å². The molecule has 0 radical (unpaired) electrons. The third-order valence-corrected chi connectivity index (χ3v) is 2.97. The summed E-state index contributed by atoms with van der Waals surface area (Å²) in [5, 5.41) is 3.27. The van der Waals surface area contributed by atoms with E-state index < -0.39 is 0 Å². The van der Waals surface area contributed by atoms with Gasteiger partial charge in [-0.25, -0.2) is 0 Å². The van der Waals surface area contributed by atoms with E-state index >= 15 is 0 Å². The molecule has 2 aromatic carbocycles. The highest BCUT2D eigenvalue weighted by Crippen LogP contribution is 2.23. The van der Waals surface area contributed by atoms with Crippen LogP contribution in [0.3, 0.4) is 0 Å². The lowest BCUT2D eigenvalue weighted by atomic mass is 10.1. The van der Waals surface area contributed by atoms with Crippen LogP contribution in [0, 0.1) is 3.57 Å². The van der Waals surface area contributed by atoms with Crippen LogP contribution in [0.1, 0.15) is 0 Å². The van der Waals surface area contributed by atoms with Gasteiger partial charge >= 0.3 is 0 Å². The van der Waals surface area contributed by atoms with Crippen molar-refractivity contribution in [3.8, 4) is 0 Å². The molecule has 0 unspecified atom stereocenters. The van der Waals surface area contributed by atoms with E-state index in [9.17, 15) is 0 Å². The van der Waals surface area contributed by atoms with Gasteiger partial charge in [-0.1, -0.05) is 29.8 Å².